The van der Waals surface area contributed by atoms with E-state index in [1.165, 1.54) is 0 Å². The number of nitrogens with zero attached hydrogens (tertiary/aromatic N) is 4. The molecule has 0 aromatic carbocycles. The number of carbonyl (C=O) groups excluding carboxylic acids is 1. The summed E-state index contributed by atoms with van der Waals surface area (Å²) in [6, 6.07) is 4.07. The molecule has 9 heteroatoms. The van der Waals surface area contributed by atoms with E-state index in [2.05, 4.69) is 15.4 Å². The molecular formula is C22H27N5O3S. The fourth-order valence-corrected chi connectivity index (χ4v) is 4.61. The Morgan fingerprint density at radius 1 is 1.42 bits per heavy atom. The van der Waals surface area contributed by atoms with E-state index in [0.717, 1.165) is 29.0 Å². The largest absolute Gasteiger partial charge is 0.378 e. The van der Waals surface area contributed by atoms with Crippen molar-refractivity contribution in [2.75, 3.05) is 13.7 Å². The van der Waals surface area contributed by atoms with E-state index >= 15 is 0 Å². The smallest absolute Gasteiger partial charge is 0.255 e. The summed E-state index contributed by atoms with van der Waals surface area (Å²) in [6.45, 7) is 6.91. The number of carbonyl (C=O) groups is 1. The number of methoxy groups -OCH3 is 1. The molecule has 1 aliphatic rings. The summed E-state index contributed by atoms with van der Waals surface area (Å²) >= 11 is 1.62. The predicted octanol–water partition coefficient (Wildman–Crippen LogP) is 3.53. The number of amides is 1. The lowest BCUT2D eigenvalue weighted by Gasteiger charge is -2.35. The van der Waals surface area contributed by atoms with E-state index in [4.69, 9.17) is 14.5 Å². The van der Waals surface area contributed by atoms with Gasteiger partial charge in [0.15, 0.2) is 0 Å². The van der Waals surface area contributed by atoms with Gasteiger partial charge in [-0.05, 0) is 50.6 Å². The number of hydrogen-bond donors (Lipinski definition) is 1. The molecule has 1 amide bonds. The van der Waals surface area contributed by atoms with Crippen LogP contribution >= 0.6 is 11.3 Å². The Morgan fingerprint density at radius 2 is 2.26 bits per heavy atom. The normalized spacial score (nSPS) is 18.1. The molecule has 0 radical (unpaired) electrons. The maximum Gasteiger partial charge on any atom is 0.255 e. The summed E-state index contributed by atoms with van der Waals surface area (Å²) in [5.41, 5.74) is 2.67. The minimum absolute atomic E-state index is 0.0519. The van der Waals surface area contributed by atoms with Crippen LogP contribution in [0.1, 0.15) is 48.3 Å². The molecule has 1 N–H and O–H groups in total. The Balaban J connectivity index is 1.64. The first-order valence-corrected chi connectivity index (χ1v) is 11.1. The third kappa shape index (κ3) is 4.68. The third-order valence-corrected chi connectivity index (χ3v) is 6.21. The van der Waals surface area contributed by atoms with Gasteiger partial charge in [-0.25, -0.2) is 9.97 Å². The molecule has 4 heterocycles. The molecule has 164 valence electrons. The number of aryl methyl sites for hydroxylation is 1. The van der Waals surface area contributed by atoms with Crippen LogP contribution < -0.4 is 5.32 Å². The van der Waals surface area contributed by atoms with Crippen molar-refractivity contribution >= 4 is 17.2 Å². The van der Waals surface area contributed by atoms with Crippen LogP contribution in [0, 0.1) is 6.92 Å². The quantitative estimate of drug-likeness (QED) is 0.629. The Morgan fingerprint density at radius 3 is 2.97 bits per heavy atom. The van der Waals surface area contributed by atoms with Gasteiger partial charge in [0.25, 0.3) is 11.9 Å². The van der Waals surface area contributed by atoms with Gasteiger partial charge >= 0.3 is 0 Å². The first-order valence-electron chi connectivity index (χ1n) is 10.3. The fourth-order valence-electron chi connectivity index (χ4n) is 3.83. The molecule has 4 rings (SSSR count). The standard InChI is InChI=1S/C22H27N5O3S/c1-14-11-23-21(26-19(14)18-6-5-9-31-18)27-17(13-29-4)16(12-24-27)20(28)25-15-7-8-30-22(2,3)10-15/h5-6,9,11-12,15H,7-8,10,13H2,1-4H3,(H,25,28). The number of rotatable bonds is 6. The van der Waals surface area contributed by atoms with E-state index in [9.17, 15) is 4.79 Å². The fraction of sp³-hybridized carbons (Fsp3) is 0.455. The van der Waals surface area contributed by atoms with E-state index < -0.39 is 0 Å². The van der Waals surface area contributed by atoms with Gasteiger partial charge in [0.1, 0.15) is 0 Å². The van der Waals surface area contributed by atoms with Crippen molar-refractivity contribution in [3.05, 3.63) is 46.7 Å². The van der Waals surface area contributed by atoms with Crippen molar-refractivity contribution in [2.24, 2.45) is 0 Å². The lowest BCUT2D eigenvalue weighted by atomic mass is 9.94. The second-order valence-electron chi connectivity index (χ2n) is 8.30. The molecule has 0 spiro atoms. The van der Waals surface area contributed by atoms with Crippen molar-refractivity contribution in [3.63, 3.8) is 0 Å². The minimum atomic E-state index is -0.246. The summed E-state index contributed by atoms with van der Waals surface area (Å²) in [6.07, 6.45) is 4.88. The molecule has 0 bridgehead atoms. The van der Waals surface area contributed by atoms with Crippen LogP contribution in [0.4, 0.5) is 0 Å². The average Bonchev–Trinajstić information content (AvgIpc) is 3.38. The maximum atomic E-state index is 13.1. The molecule has 0 aliphatic carbocycles. The summed E-state index contributed by atoms with van der Waals surface area (Å²) in [7, 11) is 1.59. The molecule has 8 nitrogen and oxygen atoms in total. The van der Waals surface area contributed by atoms with Gasteiger partial charge in [0.05, 0.1) is 40.2 Å². The van der Waals surface area contributed by atoms with Gasteiger partial charge in [0.2, 0.25) is 0 Å². The van der Waals surface area contributed by atoms with Crippen LogP contribution in [0.15, 0.2) is 29.9 Å². The lowest BCUT2D eigenvalue weighted by molar-refractivity contribution is -0.0615. The highest BCUT2D eigenvalue weighted by atomic mass is 32.1. The van der Waals surface area contributed by atoms with Crippen LogP contribution in [0.5, 0.6) is 0 Å². The van der Waals surface area contributed by atoms with Crippen molar-refractivity contribution < 1.29 is 14.3 Å². The van der Waals surface area contributed by atoms with E-state index in [1.807, 2.05) is 38.3 Å². The average molecular weight is 442 g/mol. The van der Waals surface area contributed by atoms with Gasteiger partial charge in [-0.15, -0.1) is 11.3 Å². The van der Waals surface area contributed by atoms with E-state index in [-0.39, 0.29) is 24.2 Å². The zero-order chi connectivity index (χ0) is 22.0. The Bertz CT molecular complexity index is 1060. The van der Waals surface area contributed by atoms with Gasteiger partial charge in [0, 0.05) is 26.0 Å². The maximum absolute atomic E-state index is 13.1. The lowest BCUT2D eigenvalue weighted by Crippen LogP contribution is -2.45. The van der Waals surface area contributed by atoms with Crippen LogP contribution in [-0.4, -0.2) is 51.0 Å². The van der Waals surface area contributed by atoms with Crippen molar-refractivity contribution in [2.45, 2.75) is 51.9 Å². The topological polar surface area (TPSA) is 91.2 Å². The molecule has 1 fully saturated rings. The molecule has 3 aromatic rings. The molecule has 1 unspecified atom stereocenters. The van der Waals surface area contributed by atoms with Crippen LogP contribution in [0.2, 0.25) is 0 Å². The minimum Gasteiger partial charge on any atom is -0.378 e. The van der Waals surface area contributed by atoms with Gasteiger partial charge in [-0.3, -0.25) is 4.79 Å². The molecule has 1 saturated heterocycles. The number of nitrogens with one attached hydrogen (secondary N) is 1. The number of thiophene rings is 1. The van der Waals surface area contributed by atoms with Crippen molar-refractivity contribution in [1.82, 2.24) is 25.1 Å². The molecule has 0 saturated carbocycles. The Hall–Kier alpha value is -2.62. The number of ether oxygens (including phenoxy) is 2. The van der Waals surface area contributed by atoms with E-state index in [1.54, 1.807) is 35.5 Å². The summed E-state index contributed by atoms with van der Waals surface area (Å²) in [5.74, 6) is 0.235. The first-order chi connectivity index (χ1) is 14.9. The number of hydrogen-bond acceptors (Lipinski definition) is 7. The Labute approximate surface area is 185 Å². The summed E-state index contributed by atoms with van der Waals surface area (Å²) in [5, 5.41) is 9.57. The highest BCUT2D eigenvalue weighted by Gasteiger charge is 2.31. The number of aromatic nitrogens is 4. The second-order valence-corrected chi connectivity index (χ2v) is 9.25. The molecule has 31 heavy (non-hydrogen) atoms. The van der Waals surface area contributed by atoms with Gasteiger partial charge in [-0.1, -0.05) is 6.07 Å². The van der Waals surface area contributed by atoms with Crippen molar-refractivity contribution in [3.8, 4) is 16.5 Å². The van der Waals surface area contributed by atoms with Crippen LogP contribution in [0.25, 0.3) is 16.5 Å². The predicted molar refractivity (Wildman–Crippen MR) is 118 cm³/mol. The van der Waals surface area contributed by atoms with Crippen LogP contribution in [0.3, 0.4) is 0 Å². The zero-order valence-electron chi connectivity index (χ0n) is 18.2. The van der Waals surface area contributed by atoms with Gasteiger partial charge < -0.3 is 14.8 Å². The highest BCUT2D eigenvalue weighted by molar-refractivity contribution is 7.13. The summed E-state index contributed by atoms with van der Waals surface area (Å²) < 4.78 is 12.7. The van der Waals surface area contributed by atoms with E-state index in [0.29, 0.717) is 23.8 Å². The van der Waals surface area contributed by atoms with Crippen molar-refractivity contribution in [1.29, 1.82) is 0 Å². The molecule has 1 aliphatic heterocycles. The Kier molecular flexibility index (Phi) is 6.17. The molecule has 3 aromatic heterocycles. The SMILES string of the molecule is COCc1c(C(=O)NC2CCOC(C)(C)C2)cnn1-c1ncc(C)c(-c2cccs2)n1. The molecule has 1 atom stereocenters. The third-order valence-electron chi connectivity index (χ3n) is 5.33. The highest BCUT2D eigenvalue weighted by Crippen LogP contribution is 2.27. The zero-order valence-corrected chi connectivity index (χ0v) is 19.0. The molecular weight excluding hydrogens is 414 g/mol. The monoisotopic (exact) mass is 441 g/mol. The second kappa shape index (κ2) is 8.86. The summed E-state index contributed by atoms with van der Waals surface area (Å²) in [4.78, 5) is 23.3. The van der Waals surface area contributed by atoms with Gasteiger partial charge in [-0.2, -0.15) is 9.78 Å². The first kappa shape index (κ1) is 21.6. The van der Waals surface area contributed by atoms with Crippen LogP contribution in [-0.2, 0) is 16.1 Å².